The second-order valence-electron chi connectivity index (χ2n) is 4.70. The zero-order chi connectivity index (χ0) is 13.3. The minimum Gasteiger partial charge on any atom is -0.192 e. The monoisotopic (exact) mass is 231 g/mol. The van der Waals surface area contributed by atoms with Crippen molar-refractivity contribution in [2.24, 2.45) is 5.41 Å². The van der Waals surface area contributed by atoms with Crippen LogP contribution in [0.4, 0.5) is 0 Å². The lowest BCUT2D eigenvalue weighted by atomic mass is 9.76. The van der Waals surface area contributed by atoms with Gasteiger partial charge in [-0.25, -0.2) is 0 Å². The van der Waals surface area contributed by atoms with E-state index in [-0.39, 0.29) is 5.41 Å². The first kappa shape index (κ1) is 15.7. The minimum absolute atomic E-state index is 0.143. The van der Waals surface area contributed by atoms with Gasteiger partial charge in [-0.05, 0) is 36.3 Å². The Morgan fingerprint density at radius 1 is 1.29 bits per heavy atom. The summed E-state index contributed by atoms with van der Waals surface area (Å²) in [6.45, 7) is 12.6. The van der Waals surface area contributed by atoms with Crippen LogP contribution in [0.2, 0.25) is 0 Å². The van der Waals surface area contributed by atoms with E-state index in [0.29, 0.717) is 5.57 Å². The zero-order valence-corrected chi connectivity index (χ0v) is 11.7. The second kappa shape index (κ2) is 7.90. The number of hydrogen-bond acceptors (Lipinski definition) is 1. The van der Waals surface area contributed by atoms with E-state index in [1.807, 2.05) is 6.08 Å². The molecular weight excluding hydrogens is 206 g/mol. The summed E-state index contributed by atoms with van der Waals surface area (Å²) in [5.74, 6) is 0. The Kier molecular flexibility index (Phi) is 7.30. The highest BCUT2D eigenvalue weighted by molar-refractivity contribution is 5.39. The molecule has 0 saturated heterocycles. The molecular formula is C16H25N. The second-order valence-corrected chi connectivity index (χ2v) is 4.70. The van der Waals surface area contributed by atoms with Crippen LogP contribution in [0, 0.1) is 16.7 Å². The summed E-state index contributed by atoms with van der Waals surface area (Å²) in [5, 5.41) is 8.85. The number of nitrogens with zero attached hydrogens (tertiary/aromatic N) is 1. The van der Waals surface area contributed by atoms with E-state index in [1.165, 1.54) is 5.57 Å². The molecule has 94 valence electrons. The zero-order valence-electron chi connectivity index (χ0n) is 11.7. The van der Waals surface area contributed by atoms with Crippen molar-refractivity contribution in [3.8, 4) is 6.07 Å². The van der Waals surface area contributed by atoms with Gasteiger partial charge in [0.2, 0.25) is 0 Å². The molecule has 0 atom stereocenters. The molecule has 0 saturated carbocycles. The van der Waals surface area contributed by atoms with E-state index in [9.17, 15) is 0 Å². The van der Waals surface area contributed by atoms with E-state index >= 15 is 0 Å². The summed E-state index contributed by atoms with van der Waals surface area (Å²) in [5.41, 5.74) is 1.90. The van der Waals surface area contributed by atoms with Gasteiger partial charge in [-0.1, -0.05) is 52.8 Å². The predicted molar refractivity (Wildman–Crippen MR) is 75.6 cm³/mol. The highest BCUT2D eigenvalue weighted by Gasteiger charge is 2.23. The molecule has 0 aromatic rings. The number of allylic oxidation sites excluding steroid dienone is 5. The summed E-state index contributed by atoms with van der Waals surface area (Å²) >= 11 is 0. The highest BCUT2D eigenvalue weighted by Crippen LogP contribution is 2.35. The summed E-state index contributed by atoms with van der Waals surface area (Å²) in [7, 11) is 0. The molecule has 0 aromatic heterocycles. The normalized spacial score (nSPS) is 12.8. The van der Waals surface area contributed by atoms with E-state index in [1.54, 1.807) is 0 Å². The van der Waals surface area contributed by atoms with Gasteiger partial charge in [0.05, 0.1) is 6.07 Å². The third-order valence-corrected chi connectivity index (χ3v) is 3.48. The maximum Gasteiger partial charge on any atom is 0.0985 e. The van der Waals surface area contributed by atoms with Crippen LogP contribution in [-0.2, 0) is 0 Å². The summed E-state index contributed by atoms with van der Waals surface area (Å²) < 4.78 is 0. The number of rotatable bonds is 7. The van der Waals surface area contributed by atoms with Crippen LogP contribution in [0.5, 0.6) is 0 Å². The molecule has 0 bridgehead atoms. The molecule has 0 aliphatic rings. The smallest absolute Gasteiger partial charge is 0.0985 e. The van der Waals surface area contributed by atoms with Gasteiger partial charge in [-0.3, -0.25) is 0 Å². The molecule has 0 aromatic carbocycles. The lowest BCUT2D eigenvalue weighted by Gasteiger charge is -2.28. The Morgan fingerprint density at radius 2 is 1.88 bits per heavy atom. The number of hydrogen-bond donors (Lipinski definition) is 0. The molecule has 17 heavy (non-hydrogen) atoms. The number of nitriles is 1. The van der Waals surface area contributed by atoms with E-state index in [2.05, 4.69) is 52.5 Å². The summed E-state index contributed by atoms with van der Waals surface area (Å²) in [4.78, 5) is 0. The van der Waals surface area contributed by atoms with Crippen LogP contribution >= 0.6 is 0 Å². The first-order valence-electron chi connectivity index (χ1n) is 6.51. The van der Waals surface area contributed by atoms with Crippen LogP contribution in [0.1, 0.15) is 53.4 Å². The Labute approximate surface area is 107 Å². The molecule has 0 spiro atoms. The van der Waals surface area contributed by atoms with Gasteiger partial charge in [0.15, 0.2) is 0 Å². The topological polar surface area (TPSA) is 23.8 Å². The SMILES string of the molecule is C=C(C#N)/C=C(\C=C/CCC)C(C)(CC)CC. The largest absolute Gasteiger partial charge is 0.192 e. The first-order valence-corrected chi connectivity index (χ1v) is 6.51. The van der Waals surface area contributed by atoms with Gasteiger partial charge >= 0.3 is 0 Å². The fourth-order valence-corrected chi connectivity index (χ4v) is 1.68. The average Bonchev–Trinajstić information content (AvgIpc) is 2.36. The molecule has 0 unspecified atom stereocenters. The maximum atomic E-state index is 8.85. The fraction of sp³-hybridized carbons (Fsp3) is 0.562. The van der Waals surface area contributed by atoms with Crippen LogP contribution in [0.3, 0.4) is 0 Å². The van der Waals surface area contributed by atoms with Crippen LogP contribution in [0.25, 0.3) is 0 Å². The van der Waals surface area contributed by atoms with Crippen molar-refractivity contribution in [2.75, 3.05) is 0 Å². The summed E-state index contributed by atoms with van der Waals surface area (Å²) in [6.07, 6.45) is 10.7. The molecule has 1 nitrogen and oxygen atoms in total. The molecule has 0 N–H and O–H groups in total. The number of unbranched alkanes of at least 4 members (excludes halogenated alkanes) is 1. The van der Waals surface area contributed by atoms with E-state index in [0.717, 1.165) is 25.7 Å². The van der Waals surface area contributed by atoms with Gasteiger partial charge in [0.25, 0.3) is 0 Å². The van der Waals surface area contributed by atoms with E-state index in [4.69, 9.17) is 5.26 Å². The van der Waals surface area contributed by atoms with Crippen molar-refractivity contribution in [3.05, 3.63) is 36.0 Å². The van der Waals surface area contributed by atoms with Crippen LogP contribution in [-0.4, -0.2) is 0 Å². The van der Waals surface area contributed by atoms with Gasteiger partial charge in [0.1, 0.15) is 0 Å². The fourth-order valence-electron chi connectivity index (χ4n) is 1.68. The van der Waals surface area contributed by atoms with Crippen molar-refractivity contribution in [3.63, 3.8) is 0 Å². The van der Waals surface area contributed by atoms with Crippen LogP contribution in [0.15, 0.2) is 36.0 Å². The molecule has 0 aliphatic heterocycles. The van der Waals surface area contributed by atoms with Gasteiger partial charge in [-0.15, -0.1) is 0 Å². The van der Waals surface area contributed by atoms with Crippen molar-refractivity contribution in [1.29, 1.82) is 5.26 Å². The molecule has 0 heterocycles. The Hall–Kier alpha value is -1.29. The Bertz CT molecular complexity index is 335. The predicted octanol–water partition coefficient (Wildman–Crippen LogP) is 5.18. The standard InChI is InChI=1S/C16H25N/c1-6-9-10-11-15(12-14(4)13-17)16(5,7-2)8-3/h10-12H,4,6-9H2,1-3,5H3/b11-10-,15-12+. The van der Waals surface area contributed by atoms with Gasteiger partial charge in [-0.2, -0.15) is 5.26 Å². The van der Waals surface area contributed by atoms with E-state index < -0.39 is 0 Å². The van der Waals surface area contributed by atoms with Crippen molar-refractivity contribution >= 4 is 0 Å². The van der Waals surface area contributed by atoms with Crippen molar-refractivity contribution in [2.45, 2.75) is 53.4 Å². The van der Waals surface area contributed by atoms with Gasteiger partial charge in [0, 0.05) is 5.57 Å². The molecule has 0 radical (unpaired) electrons. The molecule has 0 aliphatic carbocycles. The summed E-state index contributed by atoms with van der Waals surface area (Å²) in [6, 6.07) is 2.10. The first-order chi connectivity index (χ1) is 8.03. The van der Waals surface area contributed by atoms with Crippen molar-refractivity contribution in [1.82, 2.24) is 0 Å². The third-order valence-electron chi connectivity index (χ3n) is 3.48. The van der Waals surface area contributed by atoms with Crippen LogP contribution < -0.4 is 0 Å². The third kappa shape index (κ3) is 5.04. The lowest BCUT2D eigenvalue weighted by Crippen LogP contribution is -2.16. The minimum atomic E-state index is 0.143. The Morgan fingerprint density at radius 3 is 2.29 bits per heavy atom. The van der Waals surface area contributed by atoms with Gasteiger partial charge < -0.3 is 0 Å². The lowest BCUT2D eigenvalue weighted by molar-refractivity contribution is 0.376. The molecule has 1 heteroatoms. The Balaban J connectivity index is 5.18. The molecule has 0 rings (SSSR count). The maximum absolute atomic E-state index is 8.85. The molecule has 0 amide bonds. The van der Waals surface area contributed by atoms with Crippen molar-refractivity contribution < 1.29 is 0 Å². The molecule has 0 fully saturated rings. The highest BCUT2D eigenvalue weighted by atomic mass is 14.3. The quantitative estimate of drug-likeness (QED) is 0.437. The average molecular weight is 231 g/mol.